The first-order valence-corrected chi connectivity index (χ1v) is 6.60. The van der Waals surface area contributed by atoms with Gasteiger partial charge < -0.3 is 20.8 Å². The second kappa shape index (κ2) is 5.83. The molecule has 4 N–H and O–H groups in total. The fourth-order valence-corrected chi connectivity index (χ4v) is 2.27. The molecule has 6 heteroatoms. The van der Waals surface area contributed by atoms with Gasteiger partial charge in [0.25, 0.3) is 0 Å². The van der Waals surface area contributed by atoms with Crippen LogP contribution in [0.4, 0.5) is 16.2 Å². The van der Waals surface area contributed by atoms with Crippen LogP contribution in [0.1, 0.15) is 5.56 Å². The molecule has 0 unspecified atom stereocenters. The van der Waals surface area contributed by atoms with E-state index in [0.29, 0.717) is 11.4 Å². The topological polar surface area (TPSA) is 81.6 Å². The fraction of sp³-hybridized carbons (Fsp3) is 0.0714. The number of halogens is 1. The smallest absolute Gasteiger partial charge is 0.323 e. The van der Waals surface area contributed by atoms with Crippen LogP contribution >= 0.6 is 15.9 Å². The Morgan fingerprint density at radius 1 is 1.05 bits per heavy atom. The van der Waals surface area contributed by atoms with Crippen LogP contribution in [0.25, 0.3) is 0 Å². The summed E-state index contributed by atoms with van der Waals surface area (Å²) >= 11 is 3.36. The lowest BCUT2D eigenvalue weighted by atomic mass is 10.2. The first kappa shape index (κ1) is 14.2. The predicted molar refractivity (Wildman–Crippen MR) is 81.3 cm³/mol. The van der Waals surface area contributed by atoms with Crippen molar-refractivity contribution in [1.29, 1.82) is 0 Å². The predicted octanol–water partition coefficient (Wildman–Crippen LogP) is 3.81. The van der Waals surface area contributed by atoms with Crippen LogP contribution in [0, 0.1) is 6.92 Å². The number of hydrogen-bond acceptors (Lipinski definition) is 3. The Kier molecular flexibility index (Phi) is 4.14. The summed E-state index contributed by atoms with van der Waals surface area (Å²) in [5, 5.41) is 23.9. The number of benzene rings is 2. The van der Waals surface area contributed by atoms with Crippen LogP contribution in [-0.4, -0.2) is 16.2 Å². The number of phenols is 2. The van der Waals surface area contributed by atoms with Gasteiger partial charge in [-0.3, -0.25) is 0 Å². The standard InChI is InChI=1S/C14H13BrN2O3/c1-8-2-3-13(12(15)4-8)17-14(20)16-9-5-10(18)7-11(19)6-9/h2-7,18-19H,1H3,(H2,16,17,20). The largest absolute Gasteiger partial charge is 0.508 e. The Morgan fingerprint density at radius 2 is 1.70 bits per heavy atom. The molecule has 0 heterocycles. The Morgan fingerprint density at radius 3 is 2.30 bits per heavy atom. The third kappa shape index (κ3) is 3.64. The highest BCUT2D eigenvalue weighted by atomic mass is 79.9. The van der Waals surface area contributed by atoms with Crippen LogP contribution < -0.4 is 10.6 Å². The zero-order valence-corrected chi connectivity index (χ0v) is 12.2. The molecule has 2 aromatic carbocycles. The van der Waals surface area contributed by atoms with Crippen LogP contribution in [0.15, 0.2) is 40.9 Å². The van der Waals surface area contributed by atoms with Crippen molar-refractivity contribution in [1.82, 2.24) is 0 Å². The van der Waals surface area contributed by atoms with Gasteiger partial charge in [0, 0.05) is 28.4 Å². The average Bonchev–Trinajstić information content (AvgIpc) is 2.31. The molecular weight excluding hydrogens is 324 g/mol. The molecule has 0 aliphatic heterocycles. The van der Waals surface area contributed by atoms with Crippen LogP contribution in [0.3, 0.4) is 0 Å². The van der Waals surface area contributed by atoms with E-state index in [1.165, 1.54) is 18.2 Å². The zero-order chi connectivity index (χ0) is 14.7. The minimum absolute atomic E-state index is 0.128. The number of carbonyl (C=O) groups is 1. The van der Waals surface area contributed by atoms with E-state index in [9.17, 15) is 15.0 Å². The maximum absolute atomic E-state index is 11.8. The van der Waals surface area contributed by atoms with Gasteiger partial charge in [-0.2, -0.15) is 0 Å². The molecule has 0 spiro atoms. The van der Waals surface area contributed by atoms with Gasteiger partial charge in [0.1, 0.15) is 11.5 Å². The Bertz CT molecular complexity index is 639. The molecule has 0 aromatic heterocycles. The van der Waals surface area contributed by atoms with E-state index >= 15 is 0 Å². The third-order valence-electron chi connectivity index (χ3n) is 2.53. The number of rotatable bonds is 2. The summed E-state index contributed by atoms with van der Waals surface area (Å²) in [4.78, 5) is 11.8. The van der Waals surface area contributed by atoms with Gasteiger partial charge >= 0.3 is 6.03 Å². The summed E-state index contributed by atoms with van der Waals surface area (Å²) < 4.78 is 0.770. The molecule has 5 nitrogen and oxygen atoms in total. The number of anilines is 2. The Hall–Kier alpha value is -2.21. The SMILES string of the molecule is Cc1ccc(NC(=O)Nc2cc(O)cc(O)c2)c(Br)c1. The summed E-state index contributed by atoms with van der Waals surface area (Å²) in [5.74, 6) is -0.256. The molecule has 0 fully saturated rings. The molecule has 2 amide bonds. The summed E-state index contributed by atoms with van der Waals surface area (Å²) in [7, 11) is 0. The van der Waals surface area contributed by atoms with Crippen molar-refractivity contribution >= 4 is 33.3 Å². The minimum Gasteiger partial charge on any atom is -0.508 e. The lowest BCUT2D eigenvalue weighted by molar-refractivity contribution is 0.262. The lowest BCUT2D eigenvalue weighted by Gasteiger charge is -2.10. The van der Waals surface area contributed by atoms with Crippen LogP contribution in [0.5, 0.6) is 11.5 Å². The summed E-state index contributed by atoms with van der Waals surface area (Å²) in [6, 6.07) is 8.92. The number of urea groups is 1. The Labute approximate surface area is 124 Å². The first-order valence-electron chi connectivity index (χ1n) is 5.81. The fourth-order valence-electron chi connectivity index (χ4n) is 1.67. The molecule has 20 heavy (non-hydrogen) atoms. The van der Waals surface area contributed by atoms with Crippen LogP contribution in [0.2, 0.25) is 0 Å². The van der Waals surface area contributed by atoms with Crippen molar-refractivity contribution in [3.63, 3.8) is 0 Å². The van der Waals surface area contributed by atoms with Gasteiger partial charge in [0.15, 0.2) is 0 Å². The van der Waals surface area contributed by atoms with E-state index in [4.69, 9.17) is 0 Å². The molecule has 104 valence electrons. The second-order valence-corrected chi connectivity index (χ2v) is 5.15. The number of aryl methyl sites for hydroxylation is 1. The molecule has 0 aliphatic carbocycles. The van der Waals surface area contributed by atoms with Crippen molar-refractivity contribution < 1.29 is 15.0 Å². The van der Waals surface area contributed by atoms with Crippen molar-refractivity contribution in [3.05, 3.63) is 46.4 Å². The van der Waals surface area contributed by atoms with Crippen molar-refractivity contribution in [2.75, 3.05) is 10.6 Å². The van der Waals surface area contributed by atoms with E-state index < -0.39 is 6.03 Å². The second-order valence-electron chi connectivity index (χ2n) is 4.30. The monoisotopic (exact) mass is 336 g/mol. The van der Waals surface area contributed by atoms with Gasteiger partial charge in [0.2, 0.25) is 0 Å². The van der Waals surface area contributed by atoms with Crippen molar-refractivity contribution in [2.24, 2.45) is 0 Å². The van der Waals surface area contributed by atoms with Crippen molar-refractivity contribution in [3.8, 4) is 11.5 Å². The summed E-state index contributed by atoms with van der Waals surface area (Å²) in [5.41, 5.74) is 1.99. The molecule has 0 atom stereocenters. The zero-order valence-electron chi connectivity index (χ0n) is 10.6. The first-order chi connectivity index (χ1) is 9.44. The summed E-state index contributed by atoms with van der Waals surface area (Å²) in [6.07, 6.45) is 0. The van der Waals surface area contributed by atoms with E-state index in [-0.39, 0.29) is 11.5 Å². The number of phenolic OH excluding ortho intramolecular Hbond substituents is 2. The van der Waals surface area contributed by atoms with E-state index in [0.717, 1.165) is 10.0 Å². The van der Waals surface area contributed by atoms with Gasteiger partial charge in [-0.1, -0.05) is 6.07 Å². The quantitative estimate of drug-likeness (QED) is 0.673. The van der Waals surface area contributed by atoms with Gasteiger partial charge in [-0.05, 0) is 40.5 Å². The molecule has 0 saturated carbocycles. The third-order valence-corrected chi connectivity index (χ3v) is 3.19. The lowest BCUT2D eigenvalue weighted by Crippen LogP contribution is -2.19. The molecule has 0 saturated heterocycles. The highest BCUT2D eigenvalue weighted by Crippen LogP contribution is 2.25. The number of amides is 2. The minimum atomic E-state index is -0.473. The van der Waals surface area contributed by atoms with E-state index in [2.05, 4.69) is 26.6 Å². The van der Waals surface area contributed by atoms with E-state index in [1.54, 1.807) is 6.07 Å². The molecule has 2 rings (SSSR count). The molecule has 0 aliphatic rings. The molecule has 2 aromatic rings. The number of aromatic hydroxyl groups is 2. The normalized spacial score (nSPS) is 10.1. The van der Waals surface area contributed by atoms with Crippen molar-refractivity contribution in [2.45, 2.75) is 6.92 Å². The van der Waals surface area contributed by atoms with Crippen LogP contribution in [-0.2, 0) is 0 Å². The average molecular weight is 337 g/mol. The number of nitrogens with one attached hydrogen (secondary N) is 2. The maximum atomic E-state index is 11.8. The van der Waals surface area contributed by atoms with Gasteiger partial charge in [-0.25, -0.2) is 4.79 Å². The molecule has 0 bridgehead atoms. The molecular formula is C14H13BrN2O3. The van der Waals surface area contributed by atoms with Gasteiger partial charge in [0.05, 0.1) is 5.69 Å². The highest BCUT2D eigenvalue weighted by molar-refractivity contribution is 9.10. The van der Waals surface area contributed by atoms with Gasteiger partial charge in [-0.15, -0.1) is 0 Å². The van der Waals surface area contributed by atoms with E-state index in [1.807, 2.05) is 19.1 Å². The highest BCUT2D eigenvalue weighted by Gasteiger charge is 2.07. The molecule has 0 radical (unpaired) electrons. The summed E-state index contributed by atoms with van der Waals surface area (Å²) in [6.45, 7) is 1.95. The number of hydrogen-bond donors (Lipinski definition) is 4. The number of carbonyl (C=O) groups excluding carboxylic acids is 1. The maximum Gasteiger partial charge on any atom is 0.323 e. The Balaban J connectivity index is 2.09.